The van der Waals surface area contributed by atoms with Crippen LogP contribution in [0.4, 0.5) is 0 Å². The van der Waals surface area contributed by atoms with Gasteiger partial charge in [-0.05, 0) is 43.4 Å². The third-order valence-corrected chi connectivity index (χ3v) is 8.69. The van der Waals surface area contributed by atoms with Crippen molar-refractivity contribution >= 4 is 11.8 Å². The number of piperazine rings is 1. The number of amides is 2. The number of carbonyl (C=O) groups is 2. The van der Waals surface area contributed by atoms with E-state index in [9.17, 15) is 14.7 Å². The Labute approximate surface area is 234 Å². The maximum atomic E-state index is 14.1. The van der Waals surface area contributed by atoms with Gasteiger partial charge < -0.3 is 29.5 Å². The van der Waals surface area contributed by atoms with Crippen LogP contribution in [0.1, 0.15) is 42.5 Å². The van der Waals surface area contributed by atoms with E-state index in [2.05, 4.69) is 15.3 Å². The van der Waals surface area contributed by atoms with Gasteiger partial charge in [0.25, 0.3) is 5.91 Å². The molecule has 2 N–H and O–H groups in total. The first-order valence-electron chi connectivity index (χ1n) is 14.5. The molecule has 2 aromatic rings. The molecule has 40 heavy (non-hydrogen) atoms. The number of aryl methyl sites for hydroxylation is 1. The highest BCUT2D eigenvalue weighted by Crippen LogP contribution is 2.31. The van der Waals surface area contributed by atoms with Crippen LogP contribution in [0.3, 0.4) is 0 Å². The minimum atomic E-state index is -0.672. The van der Waals surface area contributed by atoms with Crippen LogP contribution in [0, 0.1) is 0 Å². The second kappa shape index (κ2) is 11.9. The average molecular weight is 554 g/mol. The van der Waals surface area contributed by atoms with Gasteiger partial charge in [0.05, 0.1) is 30.6 Å². The Balaban J connectivity index is 1.32. The first kappa shape index (κ1) is 27.2. The summed E-state index contributed by atoms with van der Waals surface area (Å²) in [5, 5.41) is 17.9. The Kier molecular flexibility index (Phi) is 8.06. The van der Waals surface area contributed by atoms with Crippen LogP contribution in [0.15, 0.2) is 30.6 Å². The lowest BCUT2D eigenvalue weighted by Crippen LogP contribution is -2.63. The molecule has 2 bridgehead atoms. The molecule has 0 spiro atoms. The standard InChI is InChI=1S/C29H39N5O6/c1-32-17-20(15-31-32)19-2-4-23-26(14-19)39-13-8-22-3-5-25(35)27(40-22)16-30-28(36)24-18-33(9-10-34(24)29(23)37)21-6-11-38-12-7-21/h2,4,14-15,17,21-22,24-25,27,35H,3,5-13,16,18H2,1H3,(H,30,36)/t22-,24-,25-,27+/m0/s1. The number of hydrogen-bond acceptors (Lipinski definition) is 8. The van der Waals surface area contributed by atoms with E-state index in [-0.39, 0.29) is 24.5 Å². The van der Waals surface area contributed by atoms with Crippen LogP contribution in [-0.4, -0.2) is 113 Å². The lowest BCUT2D eigenvalue weighted by Gasteiger charge is -2.45. The minimum absolute atomic E-state index is 0.0934. The summed E-state index contributed by atoms with van der Waals surface area (Å²) in [5.41, 5.74) is 2.27. The largest absolute Gasteiger partial charge is 0.493 e. The number of aromatic nitrogens is 2. The number of fused-ring (bicyclic) bond motifs is 4. The van der Waals surface area contributed by atoms with Gasteiger partial charge in [-0.1, -0.05) is 6.07 Å². The number of benzene rings is 1. The molecule has 4 atom stereocenters. The van der Waals surface area contributed by atoms with E-state index in [0.29, 0.717) is 76.1 Å². The van der Waals surface area contributed by atoms with Crippen molar-refractivity contribution in [1.82, 2.24) is 24.9 Å². The lowest BCUT2D eigenvalue weighted by atomic mass is 9.98. The van der Waals surface area contributed by atoms with Crippen LogP contribution in [0.5, 0.6) is 5.75 Å². The molecule has 216 valence electrons. The molecule has 2 amide bonds. The summed E-state index contributed by atoms with van der Waals surface area (Å²) in [7, 11) is 1.86. The third-order valence-electron chi connectivity index (χ3n) is 8.69. The summed E-state index contributed by atoms with van der Waals surface area (Å²) in [6, 6.07) is 5.25. The molecular weight excluding hydrogens is 514 g/mol. The Morgan fingerprint density at radius 2 is 1.88 bits per heavy atom. The number of aliphatic hydroxyl groups is 1. The molecule has 6 rings (SSSR count). The lowest BCUT2D eigenvalue weighted by molar-refractivity contribution is -0.136. The molecule has 3 fully saturated rings. The summed E-state index contributed by atoms with van der Waals surface area (Å²) < 4.78 is 19.7. The number of carbonyl (C=O) groups excluding carboxylic acids is 2. The van der Waals surface area contributed by atoms with E-state index >= 15 is 0 Å². The molecule has 5 heterocycles. The van der Waals surface area contributed by atoms with Crippen molar-refractivity contribution < 1.29 is 28.9 Å². The minimum Gasteiger partial charge on any atom is -0.493 e. The van der Waals surface area contributed by atoms with Gasteiger partial charge in [-0.15, -0.1) is 0 Å². The van der Waals surface area contributed by atoms with E-state index < -0.39 is 18.2 Å². The van der Waals surface area contributed by atoms with Crippen LogP contribution >= 0.6 is 0 Å². The van der Waals surface area contributed by atoms with Crippen molar-refractivity contribution in [3.63, 3.8) is 0 Å². The van der Waals surface area contributed by atoms with Crippen molar-refractivity contribution in [2.45, 2.75) is 62.5 Å². The summed E-state index contributed by atoms with van der Waals surface area (Å²) in [5.74, 6) is 0.0458. The molecule has 0 radical (unpaired) electrons. The first-order valence-corrected chi connectivity index (χ1v) is 14.5. The SMILES string of the molecule is Cn1cc(-c2ccc3c(c2)OCC[C@@H]2CC[C@H](O)[C@@H](CNC(=O)[C@@H]4CN(C5CCOCC5)CCN4C3=O)O2)cn1. The van der Waals surface area contributed by atoms with Crippen LogP contribution in [0.2, 0.25) is 0 Å². The normalized spacial score (nSPS) is 29.1. The number of aliphatic hydroxyl groups excluding tert-OH is 1. The zero-order chi connectivity index (χ0) is 27.6. The summed E-state index contributed by atoms with van der Waals surface area (Å²) >= 11 is 0. The van der Waals surface area contributed by atoms with Gasteiger partial charge >= 0.3 is 0 Å². The second-order valence-electron chi connectivity index (χ2n) is 11.3. The van der Waals surface area contributed by atoms with Gasteiger partial charge in [0.1, 0.15) is 17.9 Å². The molecule has 11 heteroatoms. The fourth-order valence-corrected chi connectivity index (χ4v) is 6.34. The van der Waals surface area contributed by atoms with E-state index in [1.165, 1.54) is 0 Å². The van der Waals surface area contributed by atoms with Crippen LogP contribution in [-0.2, 0) is 21.3 Å². The zero-order valence-corrected chi connectivity index (χ0v) is 23.0. The van der Waals surface area contributed by atoms with Gasteiger partial charge in [-0.25, -0.2) is 0 Å². The van der Waals surface area contributed by atoms with Crippen LogP contribution < -0.4 is 10.1 Å². The van der Waals surface area contributed by atoms with Gasteiger partial charge in [0.15, 0.2) is 0 Å². The predicted octanol–water partition coefficient (Wildman–Crippen LogP) is 1.20. The Bertz CT molecular complexity index is 1210. The summed E-state index contributed by atoms with van der Waals surface area (Å²) in [4.78, 5) is 31.8. The molecule has 1 aromatic carbocycles. The van der Waals surface area contributed by atoms with Crippen LogP contribution in [0.25, 0.3) is 11.1 Å². The van der Waals surface area contributed by atoms with Gasteiger partial charge in [-0.2, -0.15) is 5.10 Å². The number of nitrogens with zero attached hydrogens (tertiary/aromatic N) is 4. The molecule has 0 saturated carbocycles. The zero-order valence-electron chi connectivity index (χ0n) is 23.0. The highest BCUT2D eigenvalue weighted by molar-refractivity contribution is 6.00. The molecule has 4 aliphatic rings. The smallest absolute Gasteiger partial charge is 0.258 e. The Morgan fingerprint density at radius 3 is 2.67 bits per heavy atom. The van der Waals surface area contributed by atoms with Crippen molar-refractivity contribution in [3.05, 3.63) is 36.2 Å². The topological polar surface area (TPSA) is 118 Å². The number of ether oxygens (including phenoxy) is 3. The first-order chi connectivity index (χ1) is 19.5. The van der Waals surface area contributed by atoms with Crippen molar-refractivity contribution in [1.29, 1.82) is 0 Å². The van der Waals surface area contributed by atoms with Crippen molar-refractivity contribution in [3.8, 4) is 16.9 Å². The number of rotatable bonds is 2. The van der Waals surface area contributed by atoms with Gasteiger partial charge in [0.2, 0.25) is 5.91 Å². The third kappa shape index (κ3) is 5.74. The summed E-state index contributed by atoms with van der Waals surface area (Å²) in [6.07, 6.45) is 6.25. The molecular formula is C29H39N5O6. The fraction of sp³-hybridized carbons (Fsp3) is 0.621. The Hall–Kier alpha value is -2.99. The maximum absolute atomic E-state index is 14.1. The molecule has 0 aliphatic carbocycles. The highest BCUT2D eigenvalue weighted by Gasteiger charge is 2.40. The quantitative estimate of drug-likeness (QED) is 0.570. The molecule has 1 aromatic heterocycles. The van der Waals surface area contributed by atoms with E-state index in [4.69, 9.17) is 14.2 Å². The van der Waals surface area contributed by atoms with Crippen molar-refractivity contribution in [2.24, 2.45) is 7.05 Å². The molecule has 0 unspecified atom stereocenters. The molecule has 4 aliphatic heterocycles. The monoisotopic (exact) mass is 553 g/mol. The van der Waals surface area contributed by atoms with Crippen molar-refractivity contribution in [2.75, 3.05) is 46.0 Å². The molecule has 11 nitrogen and oxygen atoms in total. The molecule has 3 saturated heterocycles. The van der Waals surface area contributed by atoms with E-state index in [1.807, 2.05) is 25.4 Å². The van der Waals surface area contributed by atoms with E-state index in [0.717, 1.165) is 24.0 Å². The maximum Gasteiger partial charge on any atom is 0.258 e. The fourth-order valence-electron chi connectivity index (χ4n) is 6.34. The van der Waals surface area contributed by atoms with Gasteiger partial charge in [-0.3, -0.25) is 19.2 Å². The number of nitrogens with one attached hydrogen (secondary N) is 1. The number of hydrogen-bond donors (Lipinski definition) is 2. The van der Waals surface area contributed by atoms with Gasteiger partial charge in [0, 0.05) is 70.7 Å². The van der Waals surface area contributed by atoms with E-state index in [1.54, 1.807) is 21.8 Å². The Morgan fingerprint density at radius 1 is 1.02 bits per heavy atom. The average Bonchev–Trinajstić information content (AvgIpc) is 3.42. The highest BCUT2D eigenvalue weighted by atomic mass is 16.5. The second-order valence-corrected chi connectivity index (χ2v) is 11.3. The predicted molar refractivity (Wildman–Crippen MR) is 146 cm³/mol. The summed E-state index contributed by atoms with van der Waals surface area (Å²) in [6.45, 7) is 3.57.